The zero-order valence-electron chi connectivity index (χ0n) is 28.7. The molecule has 0 fully saturated rings. The number of halogens is 2. The normalized spacial score (nSPS) is 12.2. The van der Waals surface area contributed by atoms with E-state index in [2.05, 4.69) is 84.7 Å². The summed E-state index contributed by atoms with van der Waals surface area (Å²) in [4.78, 5) is 4.41. The van der Waals surface area contributed by atoms with Crippen LogP contribution in [0.4, 0.5) is 14.6 Å². The van der Waals surface area contributed by atoms with E-state index in [0.717, 1.165) is 57.9 Å². The van der Waals surface area contributed by atoms with Crippen molar-refractivity contribution in [2.75, 3.05) is 25.6 Å². The van der Waals surface area contributed by atoms with E-state index in [1.807, 2.05) is 38.3 Å². The second kappa shape index (κ2) is 23.6. The number of nitrogens with zero attached hydrogens (tertiary/aromatic N) is 2. The molecule has 3 rings (SSSR count). The van der Waals surface area contributed by atoms with Gasteiger partial charge in [-0.15, -0.1) is 0 Å². The fourth-order valence-corrected chi connectivity index (χ4v) is 4.28. The molecule has 0 radical (unpaired) electrons. The van der Waals surface area contributed by atoms with E-state index in [0.29, 0.717) is 25.8 Å². The quantitative estimate of drug-likeness (QED) is 0.0974. The average molecular weight is 644 g/mol. The van der Waals surface area contributed by atoms with E-state index in [1.165, 1.54) is 18.6 Å². The number of rotatable bonds is 15. The summed E-state index contributed by atoms with van der Waals surface area (Å²) >= 11 is 0. The van der Waals surface area contributed by atoms with E-state index in [-0.39, 0.29) is 18.5 Å². The Balaban J connectivity index is 0.00000208. The van der Waals surface area contributed by atoms with Gasteiger partial charge in [0, 0.05) is 47.9 Å². The lowest BCUT2D eigenvalue weighted by Gasteiger charge is -2.22. The van der Waals surface area contributed by atoms with Crippen molar-refractivity contribution in [1.29, 1.82) is 5.26 Å². The lowest BCUT2D eigenvalue weighted by molar-refractivity contribution is 0.311. The Hall–Kier alpha value is -4.74. The van der Waals surface area contributed by atoms with Crippen molar-refractivity contribution in [3.63, 3.8) is 0 Å². The highest BCUT2D eigenvalue weighted by molar-refractivity contribution is 5.64. The Kier molecular flexibility index (Phi) is 20.2. The minimum atomic E-state index is -0.268. The summed E-state index contributed by atoms with van der Waals surface area (Å²) in [7, 11) is 0.500. The molecular formula is C39H51F2N5O. The topological polar surface area (TPSA) is 93.0 Å². The molecule has 0 amide bonds. The minimum absolute atomic E-state index is 0.0566. The Morgan fingerprint density at radius 1 is 1.02 bits per heavy atom. The van der Waals surface area contributed by atoms with Gasteiger partial charge < -0.3 is 21.1 Å². The standard InChI is InChI=1S/C35H40FN5O.C3H8.CH3F/c1-5-7-8-34(41-25(3)29-13-16-32(36)17-14-29)33(21-27(6-2)22-37)26(4)39-23-28-9-11-30(12-10-28)31-15-18-35(40-24-31)38-19-20-42;1-3-2;1-2/h6,8-18,21,24-25,39,41-42H,2,5,7,19-20,23H2,1,3-4H3,(H,38,40);3H2,1-2H3;1H3/b27-21+,33-26-,34-8-;;. The smallest absolute Gasteiger partial charge is 0.125 e. The molecule has 0 saturated heterocycles. The van der Waals surface area contributed by atoms with Crippen molar-refractivity contribution in [2.45, 2.75) is 66.5 Å². The van der Waals surface area contributed by atoms with Crippen molar-refractivity contribution in [3.8, 4) is 17.2 Å². The van der Waals surface area contributed by atoms with Crippen LogP contribution in [-0.2, 0) is 6.54 Å². The number of aliphatic hydroxyl groups excluding tert-OH is 1. The number of benzene rings is 2. The number of unbranched alkanes of at least 4 members (excludes halogenated alkanes) is 1. The molecule has 2 aromatic carbocycles. The highest BCUT2D eigenvalue weighted by Gasteiger charge is 2.13. The number of aromatic nitrogens is 1. The number of nitrogens with one attached hydrogen (secondary N) is 3. The van der Waals surface area contributed by atoms with Gasteiger partial charge in [-0.1, -0.05) is 88.7 Å². The third-order valence-corrected chi connectivity index (χ3v) is 6.75. The van der Waals surface area contributed by atoms with E-state index < -0.39 is 0 Å². The summed E-state index contributed by atoms with van der Waals surface area (Å²) in [5.74, 6) is 0.459. The molecule has 0 spiro atoms. The van der Waals surface area contributed by atoms with Crippen molar-refractivity contribution in [1.82, 2.24) is 15.6 Å². The highest BCUT2D eigenvalue weighted by Crippen LogP contribution is 2.23. The van der Waals surface area contributed by atoms with Gasteiger partial charge in [0.1, 0.15) is 11.6 Å². The molecule has 1 unspecified atom stereocenters. The minimum Gasteiger partial charge on any atom is -0.395 e. The van der Waals surface area contributed by atoms with Gasteiger partial charge in [-0.3, -0.25) is 4.39 Å². The molecule has 1 aromatic heterocycles. The fourth-order valence-electron chi connectivity index (χ4n) is 4.28. The monoisotopic (exact) mass is 643 g/mol. The first-order chi connectivity index (χ1) is 22.8. The second-order valence-corrected chi connectivity index (χ2v) is 10.6. The summed E-state index contributed by atoms with van der Waals surface area (Å²) in [5.41, 5.74) is 7.26. The Morgan fingerprint density at radius 3 is 2.19 bits per heavy atom. The lowest BCUT2D eigenvalue weighted by Crippen LogP contribution is -2.22. The highest BCUT2D eigenvalue weighted by atomic mass is 19.1. The number of allylic oxidation sites excluding steroid dienone is 5. The van der Waals surface area contributed by atoms with Crippen LogP contribution >= 0.6 is 0 Å². The van der Waals surface area contributed by atoms with Crippen LogP contribution in [0.15, 0.2) is 114 Å². The maximum atomic E-state index is 13.5. The van der Waals surface area contributed by atoms with Crippen molar-refractivity contribution < 1.29 is 13.9 Å². The number of aliphatic hydroxyl groups is 1. The van der Waals surface area contributed by atoms with Crippen molar-refractivity contribution >= 4 is 5.82 Å². The molecule has 47 heavy (non-hydrogen) atoms. The number of nitriles is 1. The molecule has 4 N–H and O–H groups in total. The number of pyridine rings is 1. The van der Waals surface area contributed by atoms with Gasteiger partial charge in [0.15, 0.2) is 0 Å². The Labute approximate surface area is 280 Å². The van der Waals surface area contributed by atoms with Gasteiger partial charge in [-0.25, -0.2) is 9.37 Å². The number of alkyl halides is 1. The van der Waals surface area contributed by atoms with E-state index in [9.17, 15) is 14.0 Å². The van der Waals surface area contributed by atoms with Crippen LogP contribution in [0, 0.1) is 17.1 Å². The van der Waals surface area contributed by atoms with Crippen LogP contribution in [-0.4, -0.2) is 30.4 Å². The third kappa shape index (κ3) is 14.5. The Bertz CT molecular complexity index is 1460. The molecule has 0 bridgehead atoms. The molecule has 252 valence electrons. The second-order valence-electron chi connectivity index (χ2n) is 10.6. The van der Waals surface area contributed by atoms with Crippen molar-refractivity contribution in [3.05, 3.63) is 131 Å². The zero-order chi connectivity index (χ0) is 35.0. The summed E-state index contributed by atoms with van der Waals surface area (Å²) in [5, 5.41) is 28.8. The van der Waals surface area contributed by atoms with Gasteiger partial charge in [0.25, 0.3) is 0 Å². The van der Waals surface area contributed by atoms with E-state index in [1.54, 1.807) is 18.2 Å². The first-order valence-corrected chi connectivity index (χ1v) is 16.0. The fraction of sp³-hybridized carbons (Fsp3) is 0.333. The predicted octanol–water partition coefficient (Wildman–Crippen LogP) is 9.33. The van der Waals surface area contributed by atoms with Crippen molar-refractivity contribution in [2.24, 2.45) is 0 Å². The SMILES string of the molecule is C=C\C(C#N)=C/C(C(=C/CCC)/NC(C)c1ccc(F)cc1)=C(\C)NCc1ccc(-c2ccc(NCCO)nc2)cc1.CCC.CF. The largest absolute Gasteiger partial charge is 0.395 e. The molecule has 6 nitrogen and oxygen atoms in total. The van der Waals surface area contributed by atoms with Crippen LogP contribution < -0.4 is 16.0 Å². The molecule has 0 aliphatic carbocycles. The van der Waals surface area contributed by atoms with E-state index in [4.69, 9.17) is 5.11 Å². The van der Waals surface area contributed by atoms with Gasteiger partial charge in [-0.05, 0) is 67.3 Å². The van der Waals surface area contributed by atoms with Gasteiger partial charge in [-0.2, -0.15) is 5.26 Å². The molecular weight excluding hydrogens is 592 g/mol. The Morgan fingerprint density at radius 2 is 1.66 bits per heavy atom. The maximum Gasteiger partial charge on any atom is 0.125 e. The van der Waals surface area contributed by atoms with Gasteiger partial charge in [0.05, 0.1) is 25.4 Å². The number of hydrogen-bond donors (Lipinski definition) is 4. The molecule has 1 atom stereocenters. The van der Waals surface area contributed by atoms with Crippen LogP contribution in [0.25, 0.3) is 11.1 Å². The lowest BCUT2D eigenvalue weighted by atomic mass is 10.0. The summed E-state index contributed by atoms with van der Waals surface area (Å²) in [6.45, 7) is 15.3. The molecule has 0 aliphatic heterocycles. The number of hydrogen-bond acceptors (Lipinski definition) is 6. The summed E-state index contributed by atoms with van der Waals surface area (Å²) in [6, 6.07) is 20.8. The van der Waals surface area contributed by atoms with Gasteiger partial charge in [0.2, 0.25) is 0 Å². The van der Waals surface area contributed by atoms with Gasteiger partial charge >= 0.3 is 0 Å². The van der Waals surface area contributed by atoms with Crippen LogP contribution in [0.2, 0.25) is 0 Å². The molecule has 8 heteroatoms. The summed E-state index contributed by atoms with van der Waals surface area (Å²) < 4.78 is 23.0. The first-order valence-electron chi connectivity index (χ1n) is 16.0. The predicted molar refractivity (Wildman–Crippen MR) is 193 cm³/mol. The molecule has 0 aliphatic rings. The molecule has 0 saturated carbocycles. The molecule has 3 aromatic rings. The number of anilines is 1. The first kappa shape index (κ1) is 40.3. The molecule has 1 heterocycles. The van der Waals surface area contributed by atoms with E-state index >= 15 is 0 Å². The van der Waals surface area contributed by atoms with Crippen LogP contribution in [0.1, 0.15) is 71.0 Å². The zero-order valence-corrected chi connectivity index (χ0v) is 28.7. The third-order valence-electron chi connectivity index (χ3n) is 6.75. The summed E-state index contributed by atoms with van der Waals surface area (Å²) in [6.07, 6.45) is 10.4. The maximum absolute atomic E-state index is 13.5. The van der Waals surface area contributed by atoms with Crippen LogP contribution in [0.5, 0.6) is 0 Å². The van der Waals surface area contributed by atoms with Crippen LogP contribution in [0.3, 0.4) is 0 Å². The average Bonchev–Trinajstić information content (AvgIpc) is 3.10.